The standard InChI is InChI=1S/C11H14O3/c1-8(2)3-4-10-9(5-6-14-10)7-11(12)13/h3,5-6H,4,7H2,1-2H3,(H,12,13). The number of allylic oxidation sites excluding steroid dienone is 2. The molecule has 0 aliphatic carbocycles. The Kier molecular flexibility index (Phi) is 3.51. The highest BCUT2D eigenvalue weighted by Crippen LogP contribution is 2.13. The minimum Gasteiger partial charge on any atom is -0.481 e. The van der Waals surface area contributed by atoms with E-state index in [1.54, 1.807) is 6.07 Å². The molecule has 1 aromatic rings. The number of carboxylic acids is 1. The molecule has 0 aliphatic heterocycles. The molecule has 1 aromatic heterocycles. The molecule has 0 atom stereocenters. The zero-order valence-corrected chi connectivity index (χ0v) is 8.41. The van der Waals surface area contributed by atoms with E-state index in [0.29, 0.717) is 6.42 Å². The van der Waals surface area contributed by atoms with Crippen LogP contribution in [-0.4, -0.2) is 11.1 Å². The summed E-state index contributed by atoms with van der Waals surface area (Å²) in [6.07, 6.45) is 4.25. The van der Waals surface area contributed by atoms with E-state index in [2.05, 4.69) is 0 Å². The molecule has 1 heterocycles. The summed E-state index contributed by atoms with van der Waals surface area (Å²) in [6.45, 7) is 4.00. The first kappa shape index (κ1) is 10.6. The smallest absolute Gasteiger partial charge is 0.307 e. The second-order valence-corrected chi connectivity index (χ2v) is 3.43. The molecule has 0 bridgehead atoms. The zero-order valence-electron chi connectivity index (χ0n) is 8.41. The van der Waals surface area contributed by atoms with Crippen molar-refractivity contribution in [3.63, 3.8) is 0 Å². The first-order valence-electron chi connectivity index (χ1n) is 4.50. The molecule has 0 saturated heterocycles. The van der Waals surface area contributed by atoms with Crippen LogP contribution in [0.1, 0.15) is 25.2 Å². The number of hydrogen-bond donors (Lipinski definition) is 1. The van der Waals surface area contributed by atoms with Crippen molar-refractivity contribution in [3.8, 4) is 0 Å². The third-order valence-electron chi connectivity index (χ3n) is 1.88. The molecule has 0 saturated carbocycles. The Morgan fingerprint density at radius 2 is 2.29 bits per heavy atom. The Labute approximate surface area is 83.0 Å². The van der Waals surface area contributed by atoms with Crippen molar-refractivity contribution >= 4 is 5.97 Å². The highest BCUT2D eigenvalue weighted by molar-refractivity contribution is 5.70. The summed E-state index contributed by atoms with van der Waals surface area (Å²) in [5.41, 5.74) is 1.96. The average Bonchev–Trinajstić information content (AvgIpc) is 2.47. The van der Waals surface area contributed by atoms with Gasteiger partial charge in [-0.2, -0.15) is 0 Å². The van der Waals surface area contributed by atoms with Crippen LogP contribution in [0.3, 0.4) is 0 Å². The minimum absolute atomic E-state index is 0.0302. The molecule has 0 radical (unpaired) electrons. The molecule has 0 aromatic carbocycles. The number of aliphatic carboxylic acids is 1. The van der Waals surface area contributed by atoms with E-state index < -0.39 is 5.97 Å². The lowest BCUT2D eigenvalue weighted by Crippen LogP contribution is -2.01. The highest BCUT2D eigenvalue weighted by Gasteiger charge is 2.08. The quantitative estimate of drug-likeness (QED) is 0.749. The largest absolute Gasteiger partial charge is 0.481 e. The number of rotatable bonds is 4. The molecule has 3 heteroatoms. The van der Waals surface area contributed by atoms with Gasteiger partial charge in [0.15, 0.2) is 0 Å². The highest BCUT2D eigenvalue weighted by atomic mass is 16.4. The van der Waals surface area contributed by atoms with E-state index in [1.807, 2.05) is 19.9 Å². The summed E-state index contributed by atoms with van der Waals surface area (Å²) in [6, 6.07) is 1.71. The average molecular weight is 194 g/mol. The van der Waals surface area contributed by atoms with Gasteiger partial charge in [-0.05, 0) is 19.9 Å². The molecular weight excluding hydrogens is 180 g/mol. The Balaban J connectivity index is 2.72. The SMILES string of the molecule is CC(C)=CCc1occc1CC(=O)O. The van der Waals surface area contributed by atoms with Crippen molar-refractivity contribution in [2.45, 2.75) is 26.7 Å². The van der Waals surface area contributed by atoms with Gasteiger partial charge in [-0.15, -0.1) is 0 Å². The number of hydrogen-bond acceptors (Lipinski definition) is 2. The predicted octanol–water partition coefficient (Wildman–Crippen LogP) is 2.42. The Bertz CT molecular complexity index is 343. The lowest BCUT2D eigenvalue weighted by Gasteiger charge is -1.96. The van der Waals surface area contributed by atoms with Gasteiger partial charge in [-0.3, -0.25) is 4.79 Å². The van der Waals surface area contributed by atoms with Crippen LogP contribution in [0.25, 0.3) is 0 Å². The van der Waals surface area contributed by atoms with Gasteiger partial charge >= 0.3 is 5.97 Å². The maximum Gasteiger partial charge on any atom is 0.307 e. The third-order valence-corrected chi connectivity index (χ3v) is 1.88. The van der Waals surface area contributed by atoms with Crippen molar-refractivity contribution < 1.29 is 14.3 Å². The molecular formula is C11H14O3. The molecule has 3 nitrogen and oxygen atoms in total. The van der Waals surface area contributed by atoms with Crippen molar-refractivity contribution in [1.82, 2.24) is 0 Å². The van der Waals surface area contributed by atoms with Crippen molar-refractivity contribution in [3.05, 3.63) is 35.3 Å². The molecule has 0 aliphatic rings. The van der Waals surface area contributed by atoms with E-state index in [1.165, 1.54) is 11.8 Å². The molecule has 14 heavy (non-hydrogen) atoms. The predicted molar refractivity (Wildman–Crippen MR) is 53.2 cm³/mol. The Morgan fingerprint density at radius 3 is 2.86 bits per heavy atom. The topological polar surface area (TPSA) is 50.4 Å². The van der Waals surface area contributed by atoms with E-state index in [-0.39, 0.29) is 6.42 Å². The van der Waals surface area contributed by atoms with Crippen LogP contribution >= 0.6 is 0 Å². The normalized spacial score (nSPS) is 9.86. The van der Waals surface area contributed by atoms with Gasteiger partial charge in [-0.25, -0.2) is 0 Å². The molecule has 76 valence electrons. The van der Waals surface area contributed by atoms with Crippen molar-refractivity contribution in [2.24, 2.45) is 0 Å². The van der Waals surface area contributed by atoms with Gasteiger partial charge in [0.1, 0.15) is 5.76 Å². The number of carbonyl (C=O) groups is 1. The Hall–Kier alpha value is -1.51. The molecule has 1 N–H and O–H groups in total. The van der Waals surface area contributed by atoms with E-state index in [0.717, 1.165) is 11.3 Å². The second-order valence-electron chi connectivity index (χ2n) is 3.43. The van der Waals surface area contributed by atoms with Crippen LogP contribution in [0.15, 0.2) is 28.4 Å². The van der Waals surface area contributed by atoms with Gasteiger partial charge < -0.3 is 9.52 Å². The maximum atomic E-state index is 10.5. The maximum absolute atomic E-state index is 10.5. The first-order chi connectivity index (χ1) is 6.59. The third kappa shape index (κ3) is 3.09. The lowest BCUT2D eigenvalue weighted by atomic mass is 10.1. The van der Waals surface area contributed by atoms with Gasteiger partial charge in [0, 0.05) is 12.0 Å². The van der Waals surface area contributed by atoms with Crippen LogP contribution in [0.4, 0.5) is 0 Å². The van der Waals surface area contributed by atoms with E-state index in [4.69, 9.17) is 9.52 Å². The summed E-state index contributed by atoms with van der Waals surface area (Å²) >= 11 is 0. The van der Waals surface area contributed by atoms with Gasteiger partial charge in [-0.1, -0.05) is 11.6 Å². The second kappa shape index (κ2) is 4.65. The number of furan rings is 1. The summed E-state index contributed by atoms with van der Waals surface area (Å²) in [5.74, 6) is -0.0848. The van der Waals surface area contributed by atoms with Gasteiger partial charge in [0.25, 0.3) is 0 Å². The summed E-state index contributed by atoms with van der Waals surface area (Å²) in [7, 11) is 0. The molecule has 0 fully saturated rings. The molecule has 0 amide bonds. The lowest BCUT2D eigenvalue weighted by molar-refractivity contribution is -0.136. The van der Waals surface area contributed by atoms with E-state index >= 15 is 0 Å². The van der Waals surface area contributed by atoms with Crippen LogP contribution in [0, 0.1) is 0 Å². The summed E-state index contributed by atoms with van der Waals surface area (Å²) < 4.78 is 5.21. The molecule has 0 unspecified atom stereocenters. The van der Waals surface area contributed by atoms with Crippen molar-refractivity contribution in [2.75, 3.05) is 0 Å². The summed E-state index contributed by atoms with van der Waals surface area (Å²) in [5, 5.41) is 8.63. The van der Waals surface area contributed by atoms with Crippen LogP contribution in [-0.2, 0) is 17.6 Å². The van der Waals surface area contributed by atoms with Gasteiger partial charge in [0.05, 0.1) is 12.7 Å². The fraction of sp³-hybridized carbons (Fsp3) is 0.364. The number of carboxylic acid groups (broad SMARTS) is 1. The van der Waals surface area contributed by atoms with Gasteiger partial charge in [0.2, 0.25) is 0 Å². The van der Waals surface area contributed by atoms with Crippen LogP contribution < -0.4 is 0 Å². The van der Waals surface area contributed by atoms with Crippen LogP contribution in [0.5, 0.6) is 0 Å². The zero-order chi connectivity index (χ0) is 10.6. The monoisotopic (exact) mass is 194 g/mol. The molecule has 0 spiro atoms. The summed E-state index contributed by atoms with van der Waals surface area (Å²) in [4.78, 5) is 10.5. The fourth-order valence-electron chi connectivity index (χ4n) is 1.16. The van der Waals surface area contributed by atoms with Crippen molar-refractivity contribution in [1.29, 1.82) is 0 Å². The fourth-order valence-corrected chi connectivity index (χ4v) is 1.16. The molecule has 1 rings (SSSR count). The Morgan fingerprint density at radius 1 is 1.57 bits per heavy atom. The van der Waals surface area contributed by atoms with E-state index in [9.17, 15) is 4.79 Å². The minimum atomic E-state index is -0.829. The first-order valence-corrected chi connectivity index (χ1v) is 4.50. The van der Waals surface area contributed by atoms with Crippen LogP contribution in [0.2, 0.25) is 0 Å².